The summed E-state index contributed by atoms with van der Waals surface area (Å²) in [5.74, 6) is 0. The zero-order valence-electron chi connectivity index (χ0n) is 6.21. The fourth-order valence-electron chi connectivity index (χ4n) is 0.956. The maximum absolute atomic E-state index is 12.1. The summed E-state index contributed by atoms with van der Waals surface area (Å²) >= 11 is 0. The molecule has 0 aliphatic heterocycles. The minimum Gasteiger partial charge on any atom is -0.302 e. The number of rotatable bonds is 1. The van der Waals surface area contributed by atoms with E-state index >= 15 is 0 Å². The highest BCUT2D eigenvalue weighted by atomic mass is 19.3. The fraction of sp³-hybridized carbons (Fsp3) is 0.500. The van der Waals surface area contributed by atoms with Crippen molar-refractivity contribution in [3.05, 3.63) is 22.4 Å². The van der Waals surface area contributed by atoms with Crippen LogP contribution in [-0.4, -0.2) is 9.13 Å². The smallest absolute Gasteiger partial charge is 0.302 e. The molecule has 0 atom stereocenters. The Bertz CT molecular complexity index is 313. The number of nitrogens with zero attached hydrogens (tertiary/aromatic N) is 2. The predicted molar refractivity (Wildman–Crippen MR) is 35.7 cm³/mol. The molecule has 0 spiro atoms. The van der Waals surface area contributed by atoms with Gasteiger partial charge in [0.1, 0.15) is 0 Å². The first-order chi connectivity index (χ1) is 5.04. The van der Waals surface area contributed by atoms with E-state index in [2.05, 4.69) is 0 Å². The van der Waals surface area contributed by atoms with E-state index in [4.69, 9.17) is 0 Å². The summed E-state index contributed by atoms with van der Waals surface area (Å²) in [5.41, 5.74) is -0.412. The molecule has 0 saturated carbocycles. The number of hydrogen-bond donors (Lipinski definition) is 0. The highest BCUT2D eigenvalue weighted by Gasteiger charge is 2.13. The van der Waals surface area contributed by atoms with Gasteiger partial charge in [-0.2, -0.15) is 8.78 Å². The summed E-state index contributed by atoms with van der Waals surface area (Å²) in [7, 11) is 1.44. The normalized spacial score (nSPS) is 11.0. The van der Waals surface area contributed by atoms with Crippen molar-refractivity contribution in [2.24, 2.45) is 7.05 Å². The Morgan fingerprint density at radius 3 is 2.27 bits per heavy atom. The van der Waals surface area contributed by atoms with Crippen molar-refractivity contribution in [1.29, 1.82) is 0 Å². The molecule has 5 heteroatoms. The molecule has 0 aromatic carbocycles. The van der Waals surface area contributed by atoms with Crippen LogP contribution in [0.2, 0.25) is 0 Å². The van der Waals surface area contributed by atoms with Crippen LogP contribution in [0.4, 0.5) is 8.78 Å². The molecule has 0 fully saturated rings. The van der Waals surface area contributed by atoms with Crippen LogP contribution in [0.3, 0.4) is 0 Å². The van der Waals surface area contributed by atoms with Gasteiger partial charge in [0.15, 0.2) is 0 Å². The number of alkyl halides is 2. The lowest BCUT2D eigenvalue weighted by atomic mass is 10.5. The maximum atomic E-state index is 12.1. The van der Waals surface area contributed by atoms with E-state index in [0.29, 0.717) is 4.57 Å². The Morgan fingerprint density at radius 1 is 1.55 bits per heavy atom. The molecule has 0 N–H and O–H groups in total. The molecule has 11 heavy (non-hydrogen) atoms. The molecule has 0 radical (unpaired) electrons. The molecular formula is C6H8F2N2O. The first kappa shape index (κ1) is 7.97. The number of imidazole rings is 1. The molecule has 0 aliphatic carbocycles. The van der Waals surface area contributed by atoms with E-state index in [1.807, 2.05) is 0 Å². The van der Waals surface area contributed by atoms with Crippen molar-refractivity contribution in [2.45, 2.75) is 13.5 Å². The van der Waals surface area contributed by atoms with E-state index in [1.54, 1.807) is 0 Å². The van der Waals surface area contributed by atoms with Gasteiger partial charge in [0, 0.05) is 18.9 Å². The number of halogens is 2. The van der Waals surface area contributed by atoms with Gasteiger partial charge in [-0.05, 0) is 6.92 Å². The van der Waals surface area contributed by atoms with Crippen molar-refractivity contribution in [3.63, 3.8) is 0 Å². The third-order valence-corrected chi connectivity index (χ3v) is 1.46. The third-order valence-electron chi connectivity index (χ3n) is 1.46. The third kappa shape index (κ3) is 1.18. The molecule has 1 aromatic heterocycles. The van der Waals surface area contributed by atoms with Crippen molar-refractivity contribution in [1.82, 2.24) is 9.13 Å². The minimum atomic E-state index is -2.75. The van der Waals surface area contributed by atoms with Crippen molar-refractivity contribution >= 4 is 0 Å². The number of hydrogen-bond acceptors (Lipinski definition) is 1. The van der Waals surface area contributed by atoms with E-state index in [0.717, 1.165) is 4.57 Å². The maximum Gasteiger partial charge on any atom is 0.332 e. The summed E-state index contributed by atoms with van der Waals surface area (Å²) in [6.07, 6.45) is 1.37. The highest BCUT2D eigenvalue weighted by molar-refractivity contribution is 4.96. The highest BCUT2D eigenvalue weighted by Crippen LogP contribution is 2.08. The van der Waals surface area contributed by atoms with Gasteiger partial charge in [-0.25, -0.2) is 9.36 Å². The van der Waals surface area contributed by atoms with Gasteiger partial charge in [0.05, 0.1) is 0 Å². The second-order valence-corrected chi connectivity index (χ2v) is 2.31. The van der Waals surface area contributed by atoms with Gasteiger partial charge in [-0.1, -0.05) is 0 Å². The van der Waals surface area contributed by atoms with Crippen LogP contribution in [0.5, 0.6) is 0 Å². The van der Waals surface area contributed by atoms with Gasteiger partial charge >= 0.3 is 12.2 Å². The summed E-state index contributed by atoms with van der Waals surface area (Å²) < 4.78 is 25.7. The largest absolute Gasteiger partial charge is 0.332 e. The van der Waals surface area contributed by atoms with Gasteiger partial charge in [0.2, 0.25) is 0 Å². The van der Waals surface area contributed by atoms with Crippen LogP contribution in [0, 0.1) is 6.92 Å². The molecule has 1 aromatic rings. The molecule has 1 rings (SSSR count). The van der Waals surface area contributed by atoms with E-state index < -0.39 is 12.2 Å². The lowest BCUT2D eigenvalue weighted by molar-refractivity contribution is 0.0641. The van der Waals surface area contributed by atoms with Crippen LogP contribution in [-0.2, 0) is 7.05 Å². The monoisotopic (exact) mass is 162 g/mol. The summed E-state index contributed by atoms with van der Waals surface area (Å²) in [4.78, 5) is 10.9. The predicted octanol–water partition coefficient (Wildman–Crippen LogP) is 0.890. The van der Waals surface area contributed by atoms with Crippen LogP contribution < -0.4 is 5.69 Å². The summed E-state index contributed by atoms with van der Waals surface area (Å²) in [5, 5.41) is 0. The van der Waals surface area contributed by atoms with Crippen molar-refractivity contribution in [3.8, 4) is 0 Å². The van der Waals surface area contributed by atoms with E-state index in [9.17, 15) is 13.6 Å². The fourth-order valence-corrected chi connectivity index (χ4v) is 0.956. The van der Waals surface area contributed by atoms with Crippen LogP contribution in [0.1, 0.15) is 12.2 Å². The number of aryl methyl sites for hydroxylation is 2. The Morgan fingerprint density at radius 2 is 2.09 bits per heavy atom. The molecular weight excluding hydrogens is 154 g/mol. The second kappa shape index (κ2) is 2.48. The first-order valence-electron chi connectivity index (χ1n) is 3.06. The zero-order chi connectivity index (χ0) is 8.59. The van der Waals surface area contributed by atoms with E-state index in [1.165, 1.54) is 20.2 Å². The molecule has 0 aliphatic rings. The Balaban J connectivity index is 3.35. The van der Waals surface area contributed by atoms with Gasteiger partial charge < -0.3 is 4.57 Å². The molecule has 0 saturated heterocycles. The van der Waals surface area contributed by atoms with Gasteiger partial charge in [-0.3, -0.25) is 0 Å². The van der Waals surface area contributed by atoms with Crippen LogP contribution in [0.15, 0.2) is 11.0 Å². The van der Waals surface area contributed by atoms with Crippen molar-refractivity contribution in [2.75, 3.05) is 0 Å². The Labute approximate surface area is 61.9 Å². The molecule has 62 valence electrons. The molecule has 0 amide bonds. The lowest BCUT2D eigenvalue weighted by Crippen LogP contribution is -2.23. The zero-order valence-corrected chi connectivity index (χ0v) is 6.21. The second-order valence-electron chi connectivity index (χ2n) is 2.31. The van der Waals surface area contributed by atoms with Crippen LogP contribution in [0.25, 0.3) is 0 Å². The SMILES string of the molecule is Cc1cn(C)c(=O)n1C(F)F. The van der Waals surface area contributed by atoms with Gasteiger partial charge in [-0.15, -0.1) is 0 Å². The molecule has 1 heterocycles. The topological polar surface area (TPSA) is 26.9 Å². The first-order valence-corrected chi connectivity index (χ1v) is 3.06. The minimum absolute atomic E-state index is 0.271. The number of aromatic nitrogens is 2. The molecule has 3 nitrogen and oxygen atoms in total. The molecule has 0 unspecified atom stereocenters. The molecule has 0 bridgehead atoms. The van der Waals surface area contributed by atoms with Crippen molar-refractivity contribution < 1.29 is 8.78 Å². The average Bonchev–Trinajstić information content (AvgIpc) is 2.07. The summed E-state index contributed by atoms with van der Waals surface area (Å²) in [6, 6.07) is 0. The summed E-state index contributed by atoms with van der Waals surface area (Å²) in [6.45, 7) is -1.28. The standard InChI is InChI=1S/C6H8F2N2O/c1-4-3-9(2)6(11)10(4)5(7)8/h3,5H,1-2H3. The quantitative estimate of drug-likeness (QED) is 0.602. The Kier molecular flexibility index (Phi) is 1.80. The van der Waals surface area contributed by atoms with Gasteiger partial charge in [0.25, 0.3) is 0 Å². The average molecular weight is 162 g/mol. The lowest BCUT2D eigenvalue weighted by Gasteiger charge is -1.98. The Hall–Kier alpha value is -1.13. The van der Waals surface area contributed by atoms with Crippen LogP contribution >= 0.6 is 0 Å². The van der Waals surface area contributed by atoms with E-state index in [-0.39, 0.29) is 5.69 Å².